The Balaban J connectivity index is 2.10. The summed E-state index contributed by atoms with van der Waals surface area (Å²) in [5, 5.41) is 3.35. The van der Waals surface area contributed by atoms with Crippen molar-refractivity contribution in [3.8, 4) is 0 Å². The Morgan fingerprint density at radius 2 is 1.83 bits per heavy atom. The van der Waals surface area contributed by atoms with Crippen LogP contribution in [0.3, 0.4) is 0 Å². The number of rotatable bonds is 3. The topological polar surface area (TPSA) is 12.0 Å². The number of hydrogen-bond acceptors (Lipinski definition) is 1. The maximum Gasteiger partial charge on any atom is 0.00176 e. The van der Waals surface area contributed by atoms with E-state index in [0.717, 1.165) is 0 Å². The summed E-state index contributed by atoms with van der Waals surface area (Å²) >= 11 is 0. The van der Waals surface area contributed by atoms with E-state index in [9.17, 15) is 0 Å². The minimum Gasteiger partial charge on any atom is -0.316 e. The minimum absolute atomic E-state index is 0.521. The van der Waals surface area contributed by atoms with Crippen molar-refractivity contribution in [2.24, 2.45) is 10.8 Å². The smallest absolute Gasteiger partial charge is 0.00176 e. The second-order valence-electron chi connectivity index (χ2n) is 5.83. The van der Waals surface area contributed by atoms with Gasteiger partial charge in [0.25, 0.3) is 0 Å². The van der Waals surface area contributed by atoms with Crippen LogP contribution in [0.25, 0.3) is 0 Å². The van der Waals surface area contributed by atoms with Gasteiger partial charge in [-0.05, 0) is 23.7 Å². The van der Waals surface area contributed by atoms with Crippen LogP contribution in [0, 0.1) is 10.8 Å². The molecular weight excluding hydrogens is 146 g/mol. The highest BCUT2D eigenvalue weighted by atomic mass is 15.0. The molecule has 0 radical (unpaired) electrons. The molecular formula is C11H23N. The number of nitrogens with one attached hydrogen (secondary N) is 1. The van der Waals surface area contributed by atoms with Crippen LogP contribution in [0.1, 0.15) is 47.0 Å². The molecule has 0 amide bonds. The molecule has 72 valence electrons. The summed E-state index contributed by atoms with van der Waals surface area (Å²) in [5.41, 5.74) is 1.15. The normalized spacial score (nSPS) is 22.0. The zero-order chi connectivity index (χ0) is 9.24. The summed E-state index contributed by atoms with van der Waals surface area (Å²) in [6, 6.07) is 0. The Labute approximate surface area is 76.9 Å². The first-order chi connectivity index (χ1) is 5.41. The molecule has 0 spiro atoms. The van der Waals surface area contributed by atoms with Gasteiger partial charge in [0.1, 0.15) is 0 Å². The quantitative estimate of drug-likeness (QED) is 0.685. The van der Waals surface area contributed by atoms with E-state index in [4.69, 9.17) is 0 Å². The highest BCUT2D eigenvalue weighted by molar-refractivity contribution is 4.88. The molecule has 1 heteroatoms. The molecule has 1 fully saturated rings. The Morgan fingerprint density at radius 3 is 2.17 bits per heavy atom. The van der Waals surface area contributed by atoms with E-state index < -0.39 is 0 Å². The van der Waals surface area contributed by atoms with Gasteiger partial charge < -0.3 is 5.32 Å². The zero-order valence-electron chi connectivity index (χ0n) is 9.04. The van der Waals surface area contributed by atoms with E-state index in [2.05, 4.69) is 33.0 Å². The lowest BCUT2D eigenvalue weighted by atomic mass is 9.77. The molecule has 0 saturated carbocycles. The Morgan fingerprint density at radius 1 is 1.25 bits per heavy atom. The van der Waals surface area contributed by atoms with Crippen LogP contribution in [0.4, 0.5) is 0 Å². The van der Waals surface area contributed by atoms with Crippen LogP contribution in [-0.4, -0.2) is 13.1 Å². The third-order valence-electron chi connectivity index (χ3n) is 2.81. The molecule has 12 heavy (non-hydrogen) atoms. The van der Waals surface area contributed by atoms with Crippen LogP contribution >= 0.6 is 0 Å². The highest BCUT2D eigenvalue weighted by Crippen LogP contribution is 2.31. The molecule has 1 aliphatic rings. The average Bonchev–Trinajstić information content (AvgIpc) is 1.81. The van der Waals surface area contributed by atoms with E-state index >= 15 is 0 Å². The Bertz CT molecular complexity index is 140. The van der Waals surface area contributed by atoms with Crippen LogP contribution < -0.4 is 5.32 Å². The molecule has 0 aliphatic carbocycles. The molecule has 0 aromatic carbocycles. The van der Waals surface area contributed by atoms with Crippen molar-refractivity contribution in [2.75, 3.05) is 13.1 Å². The van der Waals surface area contributed by atoms with Crippen molar-refractivity contribution < 1.29 is 0 Å². The van der Waals surface area contributed by atoms with Crippen LogP contribution in [0.15, 0.2) is 0 Å². The van der Waals surface area contributed by atoms with Gasteiger partial charge in [-0.15, -0.1) is 0 Å². The monoisotopic (exact) mass is 169 g/mol. The lowest BCUT2D eigenvalue weighted by Gasteiger charge is -2.40. The fourth-order valence-corrected chi connectivity index (χ4v) is 1.77. The molecule has 1 rings (SSSR count). The molecule has 0 bridgehead atoms. The fourth-order valence-electron chi connectivity index (χ4n) is 1.77. The van der Waals surface area contributed by atoms with Gasteiger partial charge in [0.2, 0.25) is 0 Å². The van der Waals surface area contributed by atoms with Gasteiger partial charge in [-0.3, -0.25) is 0 Å². The van der Waals surface area contributed by atoms with Crippen molar-refractivity contribution in [3.05, 3.63) is 0 Å². The first-order valence-corrected chi connectivity index (χ1v) is 5.12. The average molecular weight is 169 g/mol. The van der Waals surface area contributed by atoms with Crippen LogP contribution in [0.5, 0.6) is 0 Å². The summed E-state index contributed by atoms with van der Waals surface area (Å²) in [4.78, 5) is 0. The standard InChI is InChI=1S/C11H23N/c1-10(2,3)6-5-7-11(4)8-12-9-11/h12H,5-9H2,1-4H3. The molecule has 1 saturated heterocycles. The van der Waals surface area contributed by atoms with E-state index in [1.807, 2.05) is 0 Å². The minimum atomic E-state index is 0.521. The number of hydrogen-bond donors (Lipinski definition) is 1. The van der Waals surface area contributed by atoms with Crippen molar-refractivity contribution in [1.29, 1.82) is 0 Å². The SMILES string of the molecule is CC(C)(C)CCCC1(C)CNC1. The molecule has 0 unspecified atom stereocenters. The maximum absolute atomic E-state index is 3.35. The second-order valence-corrected chi connectivity index (χ2v) is 5.83. The van der Waals surface area contributed by atoms with Gasteiger partial charge in [-0.1, -0.05) is 34.1 Å². The predicted octanol–water partition coefficient (Wildman–Crippen LogP) is 2.81. The lowest BCUT2D eigenvalue weighted by molar-refractivity contribution is 0.166. The third-order valence-corrected chi connectivity index (χ3v) is 2.81. The molecule has 0 aromatic rings. The molecule has 1 aliphatic heterocycles. The summed E-state index contributed by atoms with van der Waals surface area (Å²) in [7, 11) is 0. The predicted molar refractivity (Wildman–Crippen MR) is 54.3 cm³/mol. The third kappa shape index (κ3) is 3.14. The van der Waals surface area contributed by atoms with Gasteiger partial charge in [0.05, 0.1) is 0 Å². The Kier molecular flexibility index (Phi) is 2.82. The largest absolute Gasteiger partial charge is 0.316 e. The Hall–Kier alpha value is -0.0400. The first-order valence-electron chi connectivity index (χ1n) is 5.12. The van der Waals surface area contributed by atoms with Crippen molar-refractivity contribution in [3.63, 3.8) is 0 Å². The summed E-state index contributed by atoms with van der Waals surface area (Å²) in [5.74, 6) is 0. The molecule has 1 N–H and O–H groups in total. The maximum atomic E-state index is 3.35. The molecule has 1 heterocycles. The highest BCUT2D eigenvalue weighted by Gasteiger charge is 2.30. The summed E-state index contributed by atoms with van der Waals surface area (Å²) < 4.78 is 0. The molecule has 1 nitrogen and oxygen atoms in total. The van der Waals surface area contributed by atoms with Crippen LogP contribution in [0.2, 0.25) is 0 Å². The van der Waals surface area contributed by atoms with E-state index in [1.54, 1.807) is 0 Å². The molecule has 0 atom stereocenters. The van der Waals surface area contributed by atoms with Gasteiger partial charge in [0.15, 0.2) is 0 Å². The van der Waals surface area contributed by atoms with Gasteiger partial charge in [-0.25, -0.2) is 0 Å². The van der Waals surface area contributed by atoms with Gasteiger partial charge in [-0.2, -0.15) is 0 Å². The lowest BCUT2D eigenvalue weighted by Crippen LogP contribution is -2.51. The van der Waals surface area contributed by atoms with Gasteiger partial charge >= 0.3 is 0 Å². The summed E-state index contributed by atoms with van der Waals surface area (Å²) in [6.07, 6.45) is 4.15. The van der Waals surface area contributed by atoms with E-state index in [0.29, 0.717) is 10.8 Å². The van der Waals surface area contributed by atoms with Crippen LogP contribution in [-0.2, 0) is 0 Å². The van der Waals surface area contributed by atoms with E-state index in [1.165, 1.54) is 32.4 Å². The van der Waals surface area contributed by atoms with E-state index in [-0.39, 0.29) is 0 Å². The summed E-state index contributed by atoms with van der Waals surface area (Å²) in [6.45, 7) is 11.8. The first kappa shape index (κ1) is 10.0. The van der Waals surface area contributed by atoms with Crippen molar-refractivity contribution >= 4 is 0 Å². The van der Waals surface area contributed by atoms with Crippen molar-refractivity contribution in [2.45, 2.75) is 47.0 Å². The van der Waals surface area contributed by atoms with Gasteiger partial charge in [0, 0.05) is 13.1 Å². The second kappa shape index (κ2) is 3.37. The zero-order valence-corrected chi connectivity index (χ0v) is 9.04. The fraction of sp³-hybridized carbons (Fsp3) is 1.00. The molecule has 0 aromatic heterocycles. The van der Waals surface area contributed by atoms with Crippen molar-refractivity contribution in [1.82, 2.24) is 5.32 Å².